The summed E-state index contributed by atoms with van der Waals surface area (Å²) < 4.78 is 6.43. The molecule has 0 radical (unpaired) electrons. The molecule has 0 saturated heterocycles. The highest BCUT2D eigenvalue weighted by Gasteiger charge is 2.17. The van der Waals surface area contributed by atoms with Crippen LogP contribution >= 0.6 is 23.4 Å². The Balaban J connectivity index is 2.39. The van der Waals surface area contributed by atoms with Crippen LogP contribution in [0.5, 0.6) is 0 Å². The van der Waals surface area contributed by atoms with Gasteiger partial charge in [-0.25, -0.2) is 9.97 Å². The Kier molecular flexibility index (Phi) is 5.03. The SMILES string of the molecule is CCOC(=O)Cn1c(SCC(=O)O)nc2cc(Cl)cnc21. The minimum Gasteiger partial charge on any atom is -0.481 e. The van der Waals surface area contributed by atoms with E-state index in [1.54, 1.807) is 13.0 Å². The van der Waals surface area contributed by atoms with Gasteiger partial charge in [0.1, 0.15) is 12.1 Å². The number of rotatable bonds is 6. The lowest BCUT2D eigenvalue weighted by Gasteiger charge is -2.06. The molecule has 0 aliphatic heterocycles. The second-order valence-corrected chi connectivity index (χ2v) is 5.34. The molecule has 2 aromatic rings. The number of esters is 1. The smallest absolute Gasteiger partial charge is 0.326 e. The maximum absolute atomic E-state index is 11.7. The second kappa shape index (κ2) is 6.77. The van der Waals surface area contributed by atoms with E-state index in [0.29, 0.717) is 21.3 Å². The molecule has 1 N–H and O–H groups in total. The van der Waals surface area contributed by atoms with Crippen molar-refractivity contribution >= 4 is 46.5 Å². The number of aromatic nitrogens is 3. The number of carbonyl (C=O) groups excluding carboxylic acids is 1. The third kappa shape index (κ3) is 3.85. The molecule has 21 heavy (non-hydrogen) atoms. The lowest BCUT2D eigenvalue weighted by atomic mass is 10.4. The highest BCUT2D eigenvalue weighted by atomic mass is 35.5. The van der Waals surface area contributed by atoms with Crippen LogP contribution in [0.2, 0.25) is 5.02 Å². The fourth-order valence-electron chi connectivity index (χ4n) is 1.68. The monoisotopic (exact) mass is 329 g/mol. The molecule has 0 spiro atoms. The van der Waals surface area contributed by atoms with Gasteiger partial charge in [0.15, 0.2) is 10.8 Å². The van der Waals surface area contributed by atoms with E-state index in [1.165, 1.54) is 10.8 Å². The fourth-order valence-corrected chi connectivity index (χ4v) is 2.55. The summed E-state index contributed by atoms with van der Waals surface area (Å²) in [6.45, 7) is 1.89. The fraction of sp³-hybridized carbons (Fsp3) is 0.333. The van der Waals surface area contributed by atoms with Crippen LogP contribution < -0.4 is 0 Å². The summed E-state index contributed by atoms with van der Waals surface area (Å²) in [6, 6.07) is 1.61. The third-order valence-electron chi connectivity index (χ3n) is 2.43. The van der Waals surface area contributed by atoms with E-state index in [4.69, 9.17) is 21.4 Å². The number of hydrogen-bond acceptors (Lipinski definition) is 6. The van der Waals surface area contributed by atoms with E-state index in [9.17, 15) is 9.59 Å². The molecule has 0 aromatic carbocycles. The number of carboxylic acid groups (broad SMARTS) is 1. The van der Waals surface area contributed by atoms with Gasteiger partial charge in [0.25, 0.3) is 0 Å². The quantitative estimate of drug-likeness (QED) is 0.638. The van der Waals surface area contributed by atoms with Crippen molar-refractivity contribution in [2.24, 2.45) is 0 Å². The molecule has 0 fully saturated rings. The number of imidazole rings is 1. The van der Waals surface area contributed by atoms with E-state index in [1.807, 2.05) is 0 Å². The van der Waals surface area contributed by atoms with Crippen molar-refractivity contribution in [1.29, 1.82) is 0 Å². The number of aliphatic carboxylic acids is 1. The molecule has 0 saturated carbocycles. The van der Waals surface area contributed by atoms with Crippen LogP contribution in [0, 0.1) is 0 Å². The van der Waals surface area contributed by atoms with Gasteiger partial charge in [0.05, 0.1) is 17.4 Å². The minimum absolute atomic E-state index is 0.0824. The lowest BCUT2D eigenvalue weighted by Crippen LogP contribution is -2.15. The lowest BCUT2D eigenvalue weighted by molar-refractivity contribution is -0.143. The molecular weight excluding hydrogens is 318 g/mol. The summed E-state index contributed by atoms with van der Waals surface area (Å²) in [5.74, 6) is -1.58. The molecule has 9 heteroatoms. The van der Waals surface area contributed by atoms with Gasteiger partial charge in [-0.05, 0) is 13.0 Å². The summed E-state index contributed by atoms with van der Waals surface area (Å²) in [6.07, 6.45) is 1.44. The summed E-state index contributed by atoms with van der Waals surface area (Å²) in [4.78, 5) is 30.8. The van der Waals surface area contributed by atoms with E-state index in [2.05, 4.69) is 9.97 Å². The van der Waals surface area contributed by atoms with E-state index >= 15 is 0 Å². The molecule has 0 bridgehead atoms. The van der Waals surface area contributed by atoms with Gasteiger partial charge in [-0.2, -0.15) is 0 Å². The van der Waals surface area contributed by atoms with Crippen LogP contribution in [0.4, 0.5) is 0 Å². The maximum atomic E-state index is 11.7. The number of halogens is 1. The molecule has 0 unspecified atom stereocenters. The van der Waals surface area contributed by atoms with Crippen LogP contribution in [0.3, 0.4) is 0 Å². The average Bonchev–Trinajstić information content (AvgIpc) is 2.74. The average molecular weight is 330 g/mol. The van der Waals surface area contributed by atoms with Crippen LogP contribution in [0.15, 0.2) is 17.4 Å². The number of carbonyl (C=O) groups is 2. The Hall–Kier alpha value is -1.80. The third-order valence-corrected chi connectivity index (χ3v) is 3.60. The number of carboxylic acids is 1. The van der Waals surface area contributed by atoms with E-state index < -0.39 is 11.9 Å². The van der Waals surface area contributed by atoms with Crippen molar-refractivity contribution < 1.29 is 19.4 Å². The standard InChI is InChI=1S/C12H12ClN3O4S/c1-2-20-10(19)5-16-11-8(3-7(13)4-14-11)15-12(16)21-6-9(17)18/h3-4H,2,5-6H2,1H3,(H,17,18). The second-order valence-electron chi connectivity index (χ2n) is 3.96. The van der Waals surface area contributed by atoms with Crippen molar-refractivity contribution in [2.75, 3.05) is 12.4 Å². The van der Waals surface area contributed by atoms with Crippen LogP contribution in [0.25, 0.3) is 11.2 Å². The molecule has 0 amide bonds. The molecule has 2 heterocycles. The number of ether oxygens (including phenoxy) is 1. The van der Waals surface area contributed by atoms with Crippen molar-refractivity contribution in [3.8, 4) is 0 Å². The summed E-state index contributed by atoms with van der Waals surface area (Å²) in [7, 11) is 0. The van der Waals surface area contributed by atoms with E-state index in [0.717, 1.165) is 11.8 Å². The van der Waals surface area contributed by atoms with Crippen LogP contribution in [-0.4, -0.2) is 43.9 Å². The number of fused-ring (bicyclic) bond motifs is 1. The van der Waals surface area contributed by atoms with Crippen molar-refractivity contribution in [2.45, 2.75) is 18.6 Å². The molecule has 0 aliphatic carbocycles. The number of thioether (sulfide) groups is 1. The first-order chi connectivity index (χ1) is 10.0. The number of hydrogen-bond donors (Lipinski definition) is 1. The zero-order valence-electron chi connectivity index (χ0n) is 11.1. The number of nitrogens with zero attached hydrogens (tertiary/aromatic N) is 3. The Morgan fingerprint density at radius 3 is 2.95 bits per heavy atom. The van der Waals surface area contributed by atoms with Crippen LogP contribution in [0.1, 0.15) is 6.92 Å². The molecule has 0 atom stereocenters. The van der Waals surface area contributed by atoms with Gasteiger partial charge in [-0.1, -0.05) is 23.4 Å². The van der Waals surface area contributed by atoms with Gasteiger partial charge >= 0.3 is 11.9 Å². The topological polar surface area (TPSA) is 94.3 Å². The zero-order valence-corrected chi connectivity index (χ0v) is 12.6. The molecule has 0 aliphatic rings. The van der Waals surface area contributed by atoms with E-state index in [-0.39, 0.29) is 18.9 Å². The Labute approximate surface area is 129 Å². The largest absolute Gasteiger partial charge is 0.481 e. The molecule has 112 valence electrons. The van der Waals surface area contributed by atoms with Gasteiger partial charge in [0.2, 0.25) is 0 Å². The summed E-state index contributed by atoms with van der Waals surface area (Å²) in [5.41, 5.74) is 0.958. The Morgan fingerprint density at radius 1 is 1.52 bits per heavy atom. The van der Waals surface area contributed by atoms with Gasteiger partial charge in [0, 0.05) is 6.20 Å². The first-order valence-corrected chi connectivity index (χ1v) is 7.39. The van der Waals surface area contributed by atoms with Gasteiger partial charge < -0.3 is 9.84 Å². The predicted octanol–water partition coefficient (Wildman–Crippen LogP) is 1.82. The molecule has 2 rings (SSSR count). The van der Waals surface area contributed by atoms with Crippen molar-refractivity contribution in [1.82, 2.24) is 14.5 Å². The zero-order chi connectivity index (χ0) is 15.4. The van der Waals surface area contributed by atoms with Crippen molar-refractivity contribution in [3.05, 3.63) is 17.3 Å². The maximum Gasteiger partial charge on any atom is 0.326 e. The normalized spacial score (nSPS) is 10.8. The molecule has 2 aromatic heterocycles. The van der Waals surface area contributed by atoms with Crippen LogP contribution in [-0.2, 0) is 20.9 Å². The molecule has 7 nitrogen and oxygen atoms in total. The Bertz CT molecular complexity index is 688. The minimum atomic E-state index is -0.972. The predicted molar refractivity (Wildman–Crippen MR) is 77.5 cm³/mol. The van der Waals surface area contributed by atoms with Gasteiger partial charge in [-0.3, -0.25) is 14.2 Å². The molecular formula is C12H12ClN3O4S. The highest BCUT2D eigenvalue weighted by Crippen LogP contribution is 2.24. The summed E-state index contributed by atoms with van der Waals surface area (Å²) >= 11 is 6.87. The first-order valence-electron chi connectivity index (χ1n) is 6.03. The Morgan fingerprint density at radius 2 is 2.29 bits per heavy atom. The summed E-state index contributed by atoms with van der Waals surface area (Å²) in [5, 5.41) is 9.56. The van der Waals surface area contributed by atoms with Gasteiger partial charge in [-0.15, -0.1) is 0 Å². The van der Waals surface area contributed by atoms with Crippen molar-refractivity contribution in [3.63, 3.8) is 0 Å². The highest BCUT2D eigenvalue weighted by molar-refractivity contribution is 7.99. The number of pyridine rings is 1. The first kappa shape index (κ1) is 15.6.